The maximum Gasteiger partial charge on any atom is 0.416 e. The van der Waals surface area contributed by atoms with Gasteiger partial charge in [-0.2, -0.15) is 13.2 Å². The fraction of sp³-hybridized carbons (Fsp3) is 0.435. The fourth-order valence-corrected chi connectivity index (χ4v) is 3.94. The van der Waals surface area contributed by atoms with Gasteiger partial charge in [-0.3, -0.25) is 4.79 Å². The summed E-state index contributed by atoms with van der Waals surface area (Å²) in [5.41, 5.74) is 5.11. The molecule has 3 N–H and O–H groups in total. The molecule has 31 heavy (non-hydrogen) atoms. The molecule has 1 fully saturated rings. The molecule has 0 aromatic heterocycles. The van der Waals surface area contributed by atoms with Gasteiger partial charge in [-0.25, -0.2) is 4.39 Å². The van der Waals surface area contributed by atoms with Crippen LogP contribution < -0.4 is 11.1 Å². The van der Waals surface area contributed by atoms with Crippen LogP contribution in [0.1, 0.15) is 48.1 Å². The molecule has 1 heterocycles. The maximum atomic E-state index is 13.2. The average Bonchev–Trinajstić information content (AvgIpc) is 2.77. The number of primary amides is 1. The molecule has 1 amide bonds. The molecule has 0 bridgehead atoms. The summed E-state index contributed by atoms with van der Waals surface area (Å²) in [5, 5.41) is 3.38. The van der Waals surface area contributed by atoms with Crippen LogP contribution in [-0.4, -0.2) is 19.1 Å². The molecule has 1 aliphatic rings. The van der Waals surface area contributed by atoms with Gasteiger partial charge in [-0.15, -0.1) is 0 Å². The maximum absolute atomic E-state index is 13.2. The fourth-order valence-electron chi connectivity index (χ4n) is 3.94. The molecular weight excluding hydrogens is 412 g/mol. The van der Waals surface area contributed by atoms with Gasteiger partial charge in [0, 0.05) is 6.54 Å². The van der Waals surface area contributed by atoms with E-state index in [-0.39, 0.29) is 29.6 Å². The van der Waals surface area contributed by atoms with Crippen molar-refractivity contribution in [1.29, 1.82) is 0 Å². The highest BCUT2D eigenvalue weighted by Crippen LogP contribution is 2.36. The van der Waals surface area contributed by atoms with E-state index in [4.69, 9.17) is 10.5 Å². The third-order valence-corrected chi connectivity index (χ3v) is 5.88. The van der Waals surface area contributed by atoms with Crippen LogP contribution in [0.3, 0.4) is 0 Å². The quantitative estimate of drug-likeness (QED) is 0.620. The lowest BCUT2D eigenvalue weighted by atomic mass is 9.79. The molecule has 2 aromatic rings. The monoisotopic (exact) mass is 438 g/mol. The number of hydrogen-bond donors (Lipinski definition) is 2. The molecule has 8 heteroatoms. The first-order valence-electron chi connectivity index (χ1n) is 10.1. The zero-order chi connectivity index (χ0) is 22.6. The summed E-state index contributed by atoms with van der Waals surface area (Å²) in [7, 11) is 0. The highest BCUT2D eigenvalue weighted by molar-refractivity contribution is 5.77. The van der Waals surface area contributed by atoms with Crippen molar-refractivity contribution in [3.63, 3.8) is 0 Å². The number of alkyl halides is 4. The molecule has 0 spiro atoms. The second kappa shape index (κ2) is 9.36. The first-order chi connectivity index (χ1) is 14.6. The van der Waals surface area contributed by atoms with Crippen LogP contribution in [0.15, 0.2) is 48.5 Å². The van der Waals surface area contributed by atoms with Crippen molar-refractivity contribution in [1.82, 2.24) is 5.32 Å². The second-order valence-electron chi connectivity index (χ2n) is 8.01. The number of piperidine rings is 1. The number of nitrogens with two attached hydrogens (primary N) is 1. The number of ether oxygens (including phenoxy) is 1. The van der Waals surface area contributed by atoms with Gasteiger partial charge in [-0.1, -0.05) is 36.4 Å². The highest BCUT2D eigenvalue weighted by atomic mass is 19.4. The Morgan fingerprint density at radius 3 is 2.52 bits per heavy atom. The Labute approximate surface area is 178 Å². The third-order valence-electron chi connectivity index (χ3n) is 5.88. The van der Waals surface area contributed by atoms with Crippen molar-refractivity contribution in [2.75, 3.05) is 13.2 Å². The van der Waals surface area contributed by atoms with Crippen molar-refractivity contribution < 1.29 is 27.1 Å². The molecule has 4 nitrogen and oxygen atoms in total. The Balaban J connectivity index is 1.82. The van der Waals surface area contributed by atoms with E-state index in [1.54, 1.807) is 6.92 Å². The lowest BCUT2D eigenvalue weighted by Crippen LogP contribution is -2.54. The van der Waals surface area contributed by atoms with Crippen molar-refractivity contribution in [2.45, 2.75) is 44.3 Å². The number of nitrogens with one attached hydrogen (secondary N) is 1. The van der Waals surface area contributed by atoms with Crippen LogP contribution in [0, 0.1) is 5.92 Å². The molecule has 0 radical (unpaired) electrons. The molecule has 2 aromatic carbocycles. The minimum Gasteiger partial charge on any atom is -0.372 e. The van der Waals surface area contributed by atoms with Gasteiger partial charge in [-0.05, 0) is 48.6 Å². The zero-order valence-corrected chi connectivity index (χ0v) is 17.2. The van der Waals surface area contributed by atoms with E-state index < -0.39 is 30.1 Å². The van der Waals surface area contributed by atoms with E-state index in [0.29, 0.717) is 19.4 Å². The van der Waals surface area contributed by atoms with E-state index in [0.717, 1.165) is 17.7 Å². The topological polar surface area (TPSA) is 64.3 Å². The van der Waals surface area contributed by atoms with Gasteiger partial charge in [0.05, 0.1) is 29.7 Å². The molecule has 168 valence electrons. The normalized spacial score (nSPS) is 22.8. The minimum atomic E-state index is -4.57. The Morgan fingerprint density at radius 1 is 1.26 bits per heavy atom. The molecule has 1 aliphatic heterocycles. The Kier molecular flexibility index (Phi) is 7.01. The predicted octanol–water partition coefficient (Wildman–Crippen LogP) is 4.63. The first kappa shape index (κ1) is 23.2. The molecular formula is C23H26F4N2O2. The van der Waals surface area contributed by atoms with Crippen LogP contribution in [-0.2, 0) is 27.9 Å². The van der Waals surface area contributed by atoms with Crippen LogP contribution in [0.5, 0.6) is 0 Å². The predicted molar refractivity (Wildman–Crippen MR) is 109 cm³/mol. The smallest absolute Gasteiger partial charge is 0.372 e. The lowest BCUT2D eigenvalue weighted by Gasteiger charge is -2.41. The van der Waals surface area contributed by atoms with E-state index >= 15 is 0 Å². The van der Waals surface area contributed by atoms with Crippen molar-refractivity contribution >= 4 is 5.91 Å². The summed E-state index contributed by atoms with van der Waals surface area (Å²) in [4.78, 5) is 11.6. The van der Waals surface area contributed by atoms with Crippen molar-refractivity contribution in [3.05, 3.63) is 70.8 Å². The van der Waals surface area contributed by atoms with Crippen LogP contribution in [0.4, 0.5) is 17.6 Å². The SMILES string of the molecule is CC(OC[C@@]1(c2ccccc2)CC[C@H](C(N)=O)CN1)c1cc(CF)cc(C(F)(F)F)c1. The van der Waals surface area contributed by atoms with Crippen molar-refractivity contribution in [3.8, 4) is 0 Å². The lowest BCUT2D eigenvalue weighted by molar-refractivity contribution is -0.137. The van der Waals surface area contributed by atoms with Gasteiger partial charge in [0.2, 0.25) is 5.91 Å². The molecule has 0 aliphatic carbocycles. The number of amides is 1. The van der Waals surface area contributed by atoms with Crippen LogP contribution >= 0.6 is 0 Å². The third kappa shape index (κ3) is 5.43. The van der Waals surface area contributed by atoms with E-state index in [9.17, 15) is 22.4 Å². The van der Waals surface area contributed by atoms with Crippen LogP contribution in [0.25, 0.3) is 0 Å². The zero-order valence-electron chi connectivity index (χ0n) is 17.2. The summed E-state index contributed by atoms with van der Waals surface area (Å²) in [5.74, 6) is -0.656. The highest BCUT2D eigenvalue weighted by Gasteiger charge is 2.39. The second-order valence-corrected chi connectivity index (χ2v) is 8.01. The van der Waals surface area contributed by atoms with Gasteiger partial charge in [0.25, 0.3) is 0 Å². The van der Waals surface area contributed by atoms with Crippen molar-refractivity contribution in [2.24, 2.45) is 11.7 Å². The standard InChI is InChI=1S/C23H26F4N2O2/c1-15(18-9-16(12-24)10-20(11-18)23(25,26)27)31-14-22(19-5-3-2-4-6-19)8-7-17(13-29-22)21(28)30/h2-6,9-11,15,17,29H,7-8,12-14H2,1H3,(H2,28,30)/t15?,17-,22+/m0/s1. The summed E-state index contributed by atoms with van der Waals surface area (Å²) in [6, 6.07) is 12.8. The largest absolute Gasteiger partial charge is 0.416 e. The summed E-state index contributed by atoms with van der Waals surface area (Å²) < 4.78 is 58.8. The number of carbonyl (C=O) groups is 1. The molecule has 1 unspecified atom stereocenters. The molecule has 3 rings (SSSR count). The molecule has 3 atom stereocenters. The van der Waals surface area contributed by atoms with Gasteiger partial charge >= 0.3 is 6.18 Å². The number of carbonyl (C=O) groups excluding carboxylic acids is 1. The van der Waals surface area contributed by atoms with E-state index in [1.807, 2.05) is 30.3 Å². The Morgan fingerprint density at radius 2 is 1.97 bits per heavy atom. The van der Waals surface area contributed by atoms with Gasteiger partial charge in [0.15, 0.2) is 0 Å². The van der Waals surface area contributed by atoms with E-state index in [1.165, 1.54) is 6.07 Å². The average molecular weight is 438 g/mol. The Hall–Kier alpha value is -2.45. The van der Waals surface area contributed by atoms with Gasteiger partial charge < -0.3 is 15.8 Å². The van der Waals surface area contributed by atoms with Crippen LogP contribution in [0.2, 0.25) is 0 Å². The van der Waals surface area contributed by atoms with E-state index in [2.05, 4.69) is 5.32 Å². The summed E-state index contributed by atoms with van der Waals surface area (Å²) >= 11 is 0. The number of rotatable bonds is 7. The minimum absolute atomic E-state index is 0.0434. The summed E-state index contributed by atoms with van der Waals surface area (Å²) in [6.45, 7) is 1.21. The molecule has 0 saturated carbocycles. The number of benzene rings is 2. The van der Waals surface area contributed by atoms with Gasteiger partial charge in [0.1, 0.15) is 6.67 Å². The number of halogens is 4. The number of hydrogen-bond acceptors (Lipinski definition) is 3. The first-order valence-corrected chi connectivity index (χ1v) is 10.1. The Bertz CT molecular complexity index is 894. The molecule has 1 saturated heterocycles. The summed E-state index contributed by atoms with van der Waals surface area (Å²) in [6.07, 6.45) is -4.11.